The molecule has 0 amide bonds. The van der Waals surface area contributed by atoms with Crippen LogP contribution in [-0.4, -0.2) is 15.0 Å². The molecule has 0 N–H and O–H groups in total. The fourth-order valence-electron chi connectivity index (χ4n) is 7.14. The van der Waals surface area contributed by atoms with Crippen molar-refractivity contribution in [2.24, 2.45) is 0 Å². The van der Waals surface area contributed by atoms with Gasteiger partial charge in [0, 0.05) is 36.9 Å². The number of thiophene rings is 1. The van der Waals surface area contributed by atoms with E-state index in [1.807, 2.05) is 29.5 Å². The molecule has 0 saturated heterocycles. The van der Waals surface area contributed by atoms with Crippen molar-refractivity contribution in [3.63, 3.8) is 0 Å². The third-order valence-electron chi connectivity index (χ3n) is 9.50. The monoisotopic (exact) mass is 641 g/mol. The number of hydrogen-bond donors (Lipinski definition) is 0. The number of benzene rings is 8. The van der Waals surface area contributed by atoms with E-state index in [-0.39, 0.29) is 0 Å². The maximum atomic E-state index is 5.11. The Labute approximate surface area is 286 Å². The summed E-state index contributed by atoms with van der Waals surface area (Å²) in [7, 11) is 0. The highest BCUT2D eigenvalue weighted by Crippen LogP contribution is 2.39. The molecule has 0 radical (unpaired) electrons. The molecule has 228 valence electrons. The van der Waals surface area contributed by atoms with Gasteiger partial charge in [-0.15, -0.1) is 11.3 Å². The Hall–Kier alpha value is -6.23. The summed E-state index contributed by atoms with van der Waals surface area (Å²) in [6.07, 6.45) is 0. The Morgan fingerprint density at radius 1 is 0.265 bits per heavy atom. The standard InChI is InChI=1S/C45H27N3S/c1-2-11-28(12-3-1)43-46-44(48-45(47-43)32-22-24-42-40(27-32)38-19-8-9-20-41(38)49-42)31-14-10-13-29(25-31)30-21-23-37-35-17-5-4-15-33(35)34-16-6-7-18-36(34)39(37)26-30/h1-27H. The Balaban J connectivity index is 1.13. The second-order valence-corrected chi connectivity index (χ2v) is 13.5. The van der Waals surface area contributed by atoms with Crippen molar-refractivity contribution >= 4 is 63.8 Å². The third-order valence-corrected chi connectivity index (χ3v) is 10.7. The lowest BCUT2D eigenvalue weighted by molar-refractivity contribution is 1.07. The van der Waals surface area contributed by atoms with Crippen molar-refractivity contribution in [3.05, 3.63) is 164 Å². The van der Waals surface area contributed by atoms with E-state index in [0.717, 1.165) is 27.8 Å². The van der Waals surface area contributed by atoms with Gasteiger partial charge in [-0.25, -0.2) is 15.0 Å². The number of nitrogens with zero attached hydrogens (tertiary/aromatic N) is 3. The lowest BCUT2D eigenvalue weighted by Gasteiger charge is -2.13. The van der Waals surface area contributed by atoms with Crippen molar-refractivity contribution in [1.82, 2.24) is 15.0 Å². The van der Waals surface area contributed by atoms with Crippen molar-refractivity contribution in [3.8, 4) is 45.3 Å². The minimum atomic E-state index is 0.651. The SMILES string of the molecule is c1ccc(-c2nc(-c3cccc(-c4ccc5c6ccccc6c6ccccc6c5c4)c3)nc(-c3ccc4sc5ccccc5c4c3)n2)cc1. The average molecular weight is 642 g/mol. The van der Waals surface area contributed by atoms with Gasteiger partial charge < -0.3 is 0 Å². The second-order valence-electron chi connectivity index (χ2n) is 12.4. The van der Waals surface area contributed by atoms with Crippen LogP contribution in [0.15, 0.2) is 164 Å². The van der Waals surface area contributed by atoms with Crippen molar-refractivity contribution in [2.45, 2.75) is 0 Å². The summed E-state index contributed by atoms with van der Waals surface area (Å²) in [5.41, 5.74) is 5.15. The van der Waals surface area contributed by atoms with Crippen LogP contribution >= 0.6 is 11.3 Å². The zero-order chi connectivity index (χ0) is 32.3. The molecule has 0 atom stereocenters. The molecule has 0 spiro atoms. The van der Waals surface area contributed by atoms with E-state index >= 15 is 0 Å². The van der Waals surface area contributed by atoms with Crippen LogP contribution in [0, 0.1) is 0 Å². The minimum absolute atomic E-state index is 0.651. The molecule has 0 fully saturated rings. The van der Waals surface area contributed by atoms with E-state index in [0.29, 0.717) is 17.5 Å². The molecule has 49 heavy (non-hydrogen) atoms. The predicted octanol–water partition coefficient (Wildman–Crippen LogP) is 12.4. The summed E-state index contributed by atoms with van der Waals surface area (Å²) in [5, 5.41) is 10.1. The normalized spacial score (nSPS) is 11.7. The molecule has 0 aliphatic heterocycles. The van der Waals surface area contributed by atoms with E-state index in [2.05, 4.69) is 146 Å². The summed E-state index contributed by atoms with van der Waals surface area (Å²) in [6.45, 7) is 0. The first kappa shape index (κ1) is 27.8. The molecule has 2 aromatic heterocycles. The first-order chi connectivity index (χ1) is 24.3. The Bertz CT molecular complexity index is 2860. The Kier molecular flexibility index (Phi) is 6.36. The van der Waals surface area contributed by atoms with Gasteiger partial charge in [-0.3, -0.25) is 0 Å². The average Bonchev–Trinajstić information content (AvgIpc) is 3.56. The number of fused-ring (bicyclic) bond motifs is 9. The molecule has 2 heterocycles. The molecule has 0 saturated carbocycles. The van der Waals surface area contributed by atoms with Gasteiger partial charge in [0.05, 0.1) is 0 Å². The van der Waals surface area contributed by atoms with Gasteiger partial charge in [0.25, 0.3) is 0 Å². The van der Waals surface area contributed by atoms with Crippen LogP contribution in [-0.2, 0) is 0 Å². The zero-order valence-electron chi connectivity index (χ0n) is 26.3. The summed E-state index contributed by atoms with van der Waals surface area (Å²) in [6, 6.07) is 58.1. The number of hydrogen-bond acceptors (Lipinski definition) is 4. The lowest BCUT2D eigenvalue weighted by Crippen LogP contribution is -2.00. The van der Waals surface area contributed by atoms with E-state index in [1.54, 1.807) is 0 Å². The molecule has 10 aromatic rings. The van der Waals surface area contributed by atoms with Crippen LogP contribution in [0.2, 0.25) is 0 Å². The van der Waals surface area contributed by atoms with Gasteiger partial charge in [0.2, 0.25) is 0 Å². The summed E-state index contributed by atoms with van der Waals surface area (Å²) in [5.74, 6) is 1.97. The number of rotatable bonds is 4. The quantitative estimate of drug-likeness (QED) is 0.180. The molecule has 0 aliphatic carbocycles. The Morgan fingerprint density at radius 2 is 0.714 bits per heavy atom. The lowest BCUT2D eigenvalue weighted by atomic mass is 9.92. The van der Waals surface area contributed by atoms with Crippen LogP contribution < -0.4 is 0 Å². The van der Waals surface area contributed by atoms with E-state index < -0.39 is 0 Å². The number of aromatic nitrogens is 3. The summed E-state index contributed by atoms with van der Waals surface area (Å²) in [4.78, 5) is 15.2. The zero-order valence-corrected chi connectivity index (χ0v) is 27.2. The van der Waals surface area contributed by atoms with Crippen LogP contribution in [0.25, 0.3) is 97.8 Å². The van der Waals surface area contributed by atoms with Crippen LogP contribution in [0.1, 0.15) is 0 Å². The molecule has 10 rings (SSSR count). The van der Waals surface area contributed by atoms with Crippen LogP contribution in [0.5, 0.6) is 0 Å². The smallest absolute Gasteiger partial charge is 0.164 e. The maximum Gasteiger partial charge on any atom is 0.164 e. The summed E-state index contributed by atoms with van der Waals surface area (Å²) < 4.78 is 2.54. The van der Waals surface area contributed by atoms with Crippen LogP contribution in [0.4, 0.5) is 0 Å². The first-order valence-corrected chi connectivity index (χ1v) is 17.3. The molecule has 3 nitrogen and oxygen atoms in total. The highest BCUT2D eigenvalue weighted by molar-refractivity contribution is 7.25. The fourth-order valence-corrected chi connectivity index (χ4v) is 8.23. The van der Waals surface area contributed by atoms with Gasteiger partial charge >= 0.3 is 0 Å². The van der Waals surface area contributed by atoms with E-state index in [1.165, 1.54) is 52.5 Å². The van der Waals surface area contributed by atoms with Crippen LogP contribution in [0.3, 0.4) is 0 Å². The highest BCUT2D eigenvalue weighted by atomic mass is 32.1. The van der Waals surface area contributed by atoms with Gasteiger partial charge in [0.15, 0.2) is 17.5 Å². The van der Waals surface area contributed by atoms with Gasteiger partial charge in [-0.2, -0.15) is 0 Å². The van der Waals surface area contributed by atoms with Gasteiger partial charge in [0.1, 0.15) is 0 Å². The highest BCUT2D eigenvalue weighted by Gasteiger charge is 2.15. The first-order valence-electron chi connectivity index (χ1n) is 16.4. The molecule has 8 aromatic carbocycles. The van der Waals surface area contributed by atoms with Gasteiger partial charge in [-0.05, 0) is 79.8 Å². The molecule has 0 aliphatic rings. The molecule has 0 bridgehead atoms. The topological polar surface area (TPSA) is 38.7 Å². The molecule has 0 unspecified atom stereocenters. The van der Waals surface area contributed by atoms with Crippen molar-refractivity contribution < 1.29 is 0 Å². The van der Waals surface area contributed by atoms with E-state index in [9.17, 15) is 0 Å². The van der Waals surface area contributed by atoms with Crippen molar-refractivity contribution in [2.75, 3.05) is 0 Å². The maximum absolute atomic E-state index is 5.11. The second kappa shape index (κ2) is 11.2. The minimum Gasteiger partial charge on any atom is -0.208 e. The largest absolute Gasteiger partial charge is 0.208 e. The molecular formula is C45H27N3S. The Morgan fingerprint density at radius 3 is 1.43 bits per heavy atom. The van der Waals surface area contributed by atoms with Crippen molar-refractivity contribution in [1.29, 1.82) is 0 Å². The predicted molar refractivity (Wildman–Crippen MR) is 207 cm³/mol. The third kappa shape index (κ3) is 4.68. The molecular weight excluding hydrogens is 615 g/mol. The summed E-state index contributed by atoms with van der Waals surface area (Å²) >= 11 is 1.81. The van der Waals surface area contributed by atoms with Gasteiger partial charge in [-0.1, -0.05) is 127 Å². The molecule has 4 heteroatoms. The van der Waals surface area contributed by atoms with E-state index in [4.69, 9.17) is 15.0 Å². The fraction of sp³-hybridized carbons (Fsp3) is 0.